The maximum atomic E-state index is 13.0. The third kappa shape index (κ3) is 5.07. The van der Waals surface area contributed by atoms with Crippen LogP contribution in [0.25, 0.3) is 0 Å². The molecule has 4 rings (SSSR count). The smallest absolute Gasteiger partial charge is 0.286 e. The molecular weight excluding hydrogens is 421 g/mol. The summed E-state index contributed by atoms with van der Waals surface area (Å²) in [7, 11) is 0. The second kappa shape index (κ2) is 9.51. The molecule has 1 aromatic heterocycles. The molecule has 2 aliphatic heterocycles. The van der Waals surface area contributed by atoms with Gasteiger partial charge in [-0.1, -0.05) is 11.3 Å². The van der Waals surface area contributed by atoms with Gasteiger partial charge in [0, 0.05) is 31.9 Å². The lowest BCUT2D eigenvalue weighted by molar-refractivity contribution is -0.137. The number of aromatic nitrogens is 2. The standard InChI is InChI=1S/C21H24FN5O3S/c22-15-6-8-16(9-7-15)23-17(28)18-24-25-19(31-18)21(30)27-12-4-5-14(13-27)20(29)26-10-2-1-3-11-26/h6-9,14H,1-5,10-13H2,(H,23,28). The van der Waals surface area contributed by atoms with Crippen molar-refractivity contribution in [1.82, 2.24) is 20.0 Å². The SMILES string of the molecule is O=C(Nc1ccc(F)cc1)c1nnc(C(=O)N2CCCC(C(=O)N3CCCCC3)C2)s1. The highest BCUT2D eigenvalue weighted by molar-refractivity contribution is 7.15. The van der Waals surface area contributed by atoms with E-state index < -0.39 is 11.7 Å². The summed E-state index contributed by atoms with van der Waals surface area (Å²) in [6.07, 6.45) is 4.77. The van der Waals surface area contributed by atoms with Crippen molar-refractivity contribution >= 4 is 34.7 Å². The van der Waals surface area contributed by atoms with E-state index in [9.17, 15) is 18.8 Å². The fourth-order valence-electron chi connectivity index (χ4n) is 3.99. The lowest BCUT2D eigenvalue weighted by atomic mass is 9.95. The lowest BCUT2D eigenvalue weighted by Crippen LogP contribution is -2.47. The van der Waals surface area contributed by atoms with Crippen molar-refractivity contribution in [2.24, 2.45) is 5.92 Å². The zero-order valence-electron chi connectivity index (χ0n) is 17.1. The molecule has 2 aliphatic rings. The molecule has 1 N–H and O–H groups in total. The predicted molar refractivity (Wildman–Crippen MR) is 113 cm³/mol. The zero-order chi connectivity index (χ0) is 21.8. The number of benzene rings is 1. The van der Waals surface area contributed by atoms with Gasteiger partial charge in [0.1, 0.15) is 5.82 Å². The van der Waals surface area contributed by atoms with Crippen LogP contribution in [0.5, 0.6) is 0 Å². The van der Waals surface area contributed by atoms with Crippen LogP contribution in [0, 0.1) is 11.7 Å². The summed E-state index contributed by atoms with van der Waals surface area (Å²) in [4.78, 5) is 41.7. The maximum absolute atomic E-state index is 13.0. The van der Waals surface area contributed by atoms with E-state index in [4.69, 9.17) is 0 Å². The number of nitrogens with zero attached hydrogens (tertiary/aromatic N) is 4. The quantitative estimate of drug-likeness (QED) is 0.781. The number of anilines is 1. The Balaban J connectivity index is 1.37. The third-order valence-corrected chi connectivity index (χ3v) is 6.54. The minimum atomic E-state index is -0.514. The summed E-state index contributed by atoms with van der Waals surface area (Å²) in [5.41, 5.74) is 0.421. The predicted octanol–water partition coefficient (Wildman–Crippen LogP) is 2.79. The Morgan fingerprint density at radius 2 is 1.61 bits per heavy atom. The average Bonchev–Trinajstić information content (AvgIpc) is 3.31. The van der Waals surface area contributed by atoms with E-state index in [1.54, 1.807) is 4.90 Å². The molecule has 3 amide bonds. The van der Waals surface area contributed by atoms with Gasteiger partial charge in [-0.05, 0) is 56.4 Å². The molecule has 0 bridgehead atoms. The first-order valence-corrected chi connectivity index (χ1v) is 11.3. The molecule has 1 aromatic carbocycles. The van der Waals surface area contributed by atoms with Crippen LogP contribution >= 0.6 is 11.3 Å². The minimum absolute atomic E-state index is 0.0469. The van der Waals surface area contributed by atoms with Crippen molar-refractivity contribution in [3.63, 3.8) is 0 Å². The second-order valence-corrected chi connectivity index (χ2v) is 8.83. The van der Waals surface area contributed by atoms with Gasteiger partial charge in [-0.2, -0.15) is 0 Å². The highest BCUT2D eigenvalue weighted by Crippen LogP contribution is 2.23. The van der Waals surface area contributed by atoms with Crippen molar-refractivity contribution in [1.29, 1.82) is 0 Å². The Morgan fingerprint density at radius 3 is 2.35 bits per heavy atom. The summed E-state index contributed by atoms with van der Waals surface area (Å²) >= 11 is 0.908. The molecule has 2 saturated heterocycles. The highest BCUT2D eigenvalue weighted by Gasteiger charge is 2.33. The van der Waals surface area contributed by atoms with Crippen LogP contribution in [0.15, 0.2) is 24.3 Å². The van der Waals surface area contributed by atoms with E-state index >= 15 is 0 Å². The number of carbonyl (C=O) groups excluding carboxylic acids is 3. The first-order chi connectivity index (χ1) is 15.0. The van der Waals surface area contributed by atoms with Crippen LogP contribution in [-0.2, 0) is 4.79 Å². The van der Waals surface area contributed by atoms with Gasteiger partial charge in [0.15, 0.2) is 0 Å². The summed E-state index contributed by atoms with van der Waals surface area (Å²) in [5, 5.41) is 10.5. The second-order valence-electron chi connectivity index (χ2n) is 7.85. The van der Waals surface area contributed by atoms with E-state index in [-0.39, 0.29) is 27.7 Å². The lowest BCUT2D eigenvalue weighted by Gasteiger charge is -2.35. The van der Waals surface area contributed by atoms with Crippen molar-refractivity contribution < 1.29 is 18.8 Å². The molecule has 0 aliphatic carbocycles. The van der Waals surface area contributed by atoms with Gasteiger partial charge in [0.2, 0.25) is 15.9 Å². The van der Waals surface area contributed by atoms with Crippen molar-refractivity contribution in [2.75, 3.05) is 31.5 Å². The van der Waals surface area contributed by atoms with E-state index in [0.717, 1.165) is 56.5 Å². The van der Waals surface area contributed by atoms with Crippen LogP contribution in [0.2, 0.25) is 0 Å². The molecule has 2 fully saturated rings. The van der Waals surface area contributed by atoms with E-state index in [1.165, 1.54) is 24.3 Å². The van der Waals surface area contributed by atoms with Gasteiger partial charge < -0.3 is 15.1 Å². The average molecular weight is 446 g/mol. The first kappa shape index (κ1) is 21.4. The van der Waals surface area contributed by atoms with Crippen molar-refractivity contribution in [3.8, 4) is 0 Å². The first-order valence-electron chi connectivity index (χ1n) is 10.5. The van der Waals surface area contributed by atoms with Gasteiger partial charge in [0.05, 0.1) is 5.92 Å². The number of piperidine rings is 2. The molecule has 164 valence electrons. The van der Waals surface area contributed by atoms with Crippen LogP contribution in [-0.4, -0.2) is 63.9 Å². The number of likely N-dealkylation sites (tertiary alicyclic amines) is 2. The molecule has 1 unspecified atom stereocenters. The van der Waals surface area contributed by atoms with Crippen LogP contribution < -0.4 is 5.32 Å². The van der Waals surface area contributed by atoms with Gasteiger partial charge in [-0.15, -0.1) is 10.2 Å². The molecule has 1 atom stereocenters. The number of carbonyl (C=O) groups is 3. The number of halogens is 1. The van der Waals surface area contributed by atoms with E-state index in [2.05, 4.69) is 15.5 Å². The van der Waals surface area contributed by atoms with Crippen LogP contribution in [0.1, 0.15) is 51.7 Å². The molecular formula is C21H24FN5O3S. The topological polar surface area (TPSA) is 95.5 Å². The van der Waals surface area contributed by atoms with Crippen LogP contribution in [0.3, 0.4) is 0 Å². The molecule has 2 aromatic rings. The Kier molecular flexibility index (Phi) is 6.55. The minimum Gasteiger partial charge on any atom is -0.342 e. The normalized spacial score (nSPS) is 19.2. The molecule has 8 nitrogen and oxygen atoms in total. The highest BCUT2D eigenvalue weighted by atomic mass is 32.1. The molecule has 0 spiro atoms. The molecule has 0 saturated carbocycles. The van der Waals surface area contributed by atoms with E-state index in [0.29, 0.717) is 18.8 Å². The fraction of sp³-hybridized carbons (Fsp3) is 0.476. The maximum Gasteiger partial charge on any atom is 0.286 e. The summed E-state index contributed by atoms with van der Waals surface area (Å²) in [5.74, 6) is -1.28. The number of amides is 3. The molecule has 10 heteroatoms. The van der Waals surface area contributed by atoms with E-state index in [1.807, 2.05) is 4.90 Å². The van der Waals surface area contributed by atoms with Crippen LogP contribution in [0.4, 0.5) is 10.1 Å². The van der Waals surface area contributed by atoms with Crippen molar-refractivity contribution in [3.05, 3.63) is 40.1 Å². The number of nitrogens with one attached hydrogen (secondary N) is 1. The number of hydrogen-bond donors (Lipinski definition) is 1. The zero-order valence-corrected chi connectivity index (χ0v) is 17.9. The number of hydrogen-bond acceptors (Lipinski definition) is 6. The summed E-state index contributed by atoms with van der Waals surface area (Å²) in [6, 6.07) is 5.35. The fourth-order valence-corrected chi connectivity index (χ4v) is 4.70. The van der Waals surface area contributed by atoms with Gasteiger partial charge >= 0.3 is 0 Å². The molecule has 31 heavy (non-hydrogen) atoms. The molecule has 0 radical (unpaired) electrons. The summed E-state index contributed by atoms with van der Waals surface area (Å²) < 4.78 is 13.0. The molecule has 3 heterocycles. The van der Waals surface area contributed by atoms with Gasteiger partial charge in [-0.3, -0.25) is 14.4 Å². The monoisotopic (exact) mass is 445 g/mol. The van der Waals surface area contributed by atoms with Crippen molar-refractivity contribution in [2.45, 2.75) is 32.1 Å². The number of rotatable bonds is 4. The third-order valence-electron chi connectivity index (χ3n) is 5.63. The Hall–Kier alpha value is -2.88. The Bertz CT molecular complexity index is 958. The van der Waals surface area contributed by atoms with Gasteiger partial charge in [0.25, 0.3) is 11.8 Å². The van der Waals surface area contributed by atoms with Gasteiger partial charge in [-0.25, -0.2) is 4.39 Å². The Morgan fingerprint density at radius 1 is 0.935 bits per heavy atom. The Labute approximate surface area is 183 Å². The summed E-state index contributed by atoms with van der Waals surface area (Å²) in [6.45, 7) is 2.52. The largest absolute Gasteiger partial charge is 0.342 e.